The summed E-state index contributed by atoms with van der Waals surface area (Å²) < 4.78 is 20.5. The van der Waals surface area contributed by atoms with E-state index in [1.807, 2.05) is 0 Å². The lowest BCUT2D eigenvalue weighted by Gasteiger charge is -2.12. The van der Waals surface area contributed by atoms with Gasteiger partial charge in [-0.2, -0.15) is 0 Å². The molecule has 0 heterocycles. The molecule has 0 aliphatic rings. The first kappa shape index (κ1) is 21.8. The highest BCUT2D eigenvalue weighted by molar-refractivity contribution is 6.05. The van der Waals surface area contributed by atoms with Gasteiger partial charge in [0.25, 0.3) is 5.91 Å². The van der Waals surface area contributed by atoms with Crippen molar-refractivity contribution in [2.24, 2.45) is 0 Å². The van der Waals surface area contributed by atoms with E-state index >= 15 is 0 Å². The number of carbonyl (C=O) groups is 2. The van der Waals surface area contributed by atoms with Crippen LogP contribution in [0.1, 0.15) is 10.4 Å². The Morgan fingerprint density at radius 1 is 1.00 bits per heavy atom. The number of benzene rings is 2. The average Bonchev–Trinajstić information content (AvgIpc) is 2.72. The average molecular weight is 400 g/mol. The second-order valence-electron chi connectivity index (χ2n) is 5.75. The van der Waals surface area contributed by atoms with E-state index in [1.54, 1.807) is 48.5 Å². The number of hydrogen-bond acceptors (Lipinski definition) is 6. The Morgan fingerprint density at radius 2 is 1.76 bits per heavy atom. The number of nitrogens with one attached hydrogen (secondary N) is 2. The quantitative estimate of drug-likeness (QED) is 0.466. The molecule has 0 spiro atoms. The molecule has 8 heteroatoms. The van der Waals surface area contributed by atoms with E-state index < -0.39 is 6.09 Å². The lowest BCUT2D eigenvalue weighted by Crippen LogP contribution is -2.17. The molecule has 0 saturated heterocycles. The van der Waals surface area contributed by atoms with Crippen LogP contribution >= 0.6 is 0 Å². The van der Waals surface area contributed by atoms with Crippen molar-refractivity contribution in [1.82, 2.24) is 0 Å². The predicted molar refractivity (Wildman–Crippen MR) is 110 cm³/mol. The summed E-state index contributed by atoms with van der Waals surface area (Å²) in [5.74, 6) is 0.620. The van der Waals surface area contributed by atoms with Crippen molar-refractivity contribution in [3.05, 3.63) is 60.7 Å². The fraction of sp³-hybridized carbons (Fsp3) is 0.238. The fourth-order valence-corrected chi connectivity index (χ4v) is 2.33. The minimum absolute atomic E-state index is 0.146. The van der Waals surface area contributed by atoms with E-state index in [0.29, 0.717) is 41.7 Å². The van der Waals surface area contributed by atoms with Gasteiger partial charge in [-0.3, -0.25) is 10.1 Å². The summed E-state index contributed by atoms with van der Waals surface area (Å²) in [5, 5.41) is 5.36. The summed E-state index contributed by atoms with van der Waals surface area (Å²) in [5.41, 5.74) is 1.39. The van der Waals surface area contributed by atoms with Crippen LogP contribution in [0.3, 0.4) is 0 Å². The van der Waals surface area contributed by atoms with Crippen LogP contribution in [-0.4, -0.2) is 46.0 Å². The second kappa shape index (κ2) is 11.4. The highest BCUT2D eigenvalue weighted by Gasteiger charge is 2.12. The Hall–Kier alpha value is -3.52. The number of amides is 2. The molecule has 0 aromatic heterocycles. The minimum Gasteiger partial charge on any atom is -0.493 e. The molecule has 0 saturated carbocycles. The molecule has 154 valence electrons. The Bertz CT molecular complexity index is 853. The van der Waals surface area contributed by atoms with Gasteiger partial charge in [-0.1, -0.05) is 18.7 Å². The van der Waals surface area contributed by atoms with Crippen LogP contribution in [0.25, 0.3) is 0 Å². The molecule has 0 unspecified atom stereocenters. The summed E-state index contributed by atoms with van der Waals surface area (Å²) in [7, 11) is 3.02. The number of methoxy groups -OCH3 is 2. The first-order chi connectivity index (χ1) is 14.1. The zero-order chi connectivity index (χ0) is 21.1. The molecule has 0 bridgehead atoms. The van der Waals surface area contributed by atoms with Gasteiger partial charge >= 0.3 is 6.09 Å². The number of anilines is 2. The van der Waals surface area contributed by atoms with Crippen LogP contribution in [0.2, 0.25) is 0 Å². The van der Waals surface area contributed by atoms with E-state index in [2.05, 4.69) is 17.2 Å². The molecule has 2 N–H and O–H groups in total. The van der Waals surface area contributed by atoms with Crippen LogP contribution in [0.15, 0.2) is 55.1 Å². The maximum absolute atomic E-state index is 12.6. The zero-order valence-corrected chi connectivity index (χ0v) is 16.4. The van der Waals surface area contributed by atoms with Gasteiger partial charge in [-0.15, -0.1) is 0 Å². The SMILES string of the molecule is C=CCOc1ccc(C(=O)Nc2cccc(NC(=O)OCCOC)c2)cc1OC. The Labute approximate surface area is 169 Å². The molecule has 0 atom stereocenters. The largest absolute Gasteiger partial charge is 0.493 e. The van der Waals surface area contributed by atoms with Crippen molar-refractivity contribution < 1.29 is 28.5 Å². The predicted octanol–water partition coefficient (Wildman–Crippen LogP) is 3.71. The molecule has 2 aromatic carbocycles. The smallest absolute Gasteiger partial charge is 0.411 e. The molecular formula is C21H24N2O6. The minimum atomic E-state index is -0.606. The van der Waals surface area contributed by atoms with Crippen LogP contribution < -0.4 is 20.1 Å². The van der Waals surface area contributed by atoms with Gasteiger partial charge in [0.2, 0.25) is 0 Å². The maximum atomic E-state index is 12.6. The summed E-state index contributed by atoms with van der Waals surface area (Å²) in [4.78, 5) is 24.3. The van der Waals surface area contributed by atoms with Gasteiger partial charge in [-0.05, 0) is 36.4 Å². The van der Waals surface area contributed by atoms with E-state index in [9.17, 15) is 9.59 Å². The monoisotopic (exact) mass is 400 g/mol. The summed E-state index contributed by atoms with van der Waals surface area (Å²) >= 11 is 0. The molecule has 2 aromatic rings. The van der Waals surface area contributed by atoms with E-state index in [0.717, 1.165) is 0 Å². The van der Waals surface area contributed by atoms with Gasteiger partial charge in [0, 0.05) is 24.0 Å². The summed E-state index contributed by atoms with van der Waals surface area (Å²) in [6, 6.07) is 11.6. The lowest BCUT2D eigenvalue weighted by molar-refractivity contribution is 0.102. The number of carbonyl (C=O) groups excluding carboxylic acids is 2. The lowest BCUT2D eigenvalue weighted by atomic mass is 10.1. The van der Waals surface area contributed by atoms with Crippen LogP contribution in [0, 0.1) is 0 Å². The Kier molecular flexibility index (Phi) is 8.52. The van der Waals surface area contributed by atoms with Crippen molar-refractivity contribution in [2.45, 2.75) is 0 Å². The third kappa shape index (κ3) is 6.86. The first-order valence-electron chi connectivity index (χ1n) is 8.83. The van der Waals surface area contributed by atoms with Crippen LogP contribution in [-0.2, 0) is 9.47 Å². The molecule has 8 nitrogen and oxygen atoms in total. The van der Waals surface area contributed by atoms with Gasteiger partial charge in [0.1, 0.15) is 13.2 Å². The third-order valence-electron chi connectivity index (χ3n) is 3.67. The van der Waals surface area contributed by atoms with Crippen molar-refractivity contribution in [2.75, 3.05) is 44.7 Å². The topological polar surface area (TPSA) is 95.1 Å². The molecule has 2 rings (SSSR count). The number of ether oxygens (including phenoxy) is 4. The Balaban J connectivity index is 2.03. The number of rotatable bonds is 10. The summed E-state index contributed by atoms with van der Waals surface area (Å²) in [6.45, 7) is 4.38. The Morgan fingerprint density at radius 3 is 2.45 bits per heavy atom. The normalized spacial score (nSPS) is 10.0. The van der Waals surface area contributed by atoms with E-state index in [4.69, 9.17) is 18.9 Å². The molecule has 0 radical (unpaired) electrons. The first-order valence-corrected chi connectivity index (χ1v) is 8.83. The summed E-state index contributed by atoms with van der Waals surface area (Å²) in [6.07, 6.45) is 1.01. The molecular weight excluding hydrogens is 376 g/mol. The van der Waals surface area contributed by atoms with Gasteiger partial charge < -0.3 is 24.3 Å². The highest BCUT2D eigenvalue weighted by atomic mass is 16.6. The van der Waals surface area contributed by atoms with Crippen molar-refractivity contribution in [1.29, 1.82) is 0 Å². The van der Waals surface area contributed by atoms with Crippen molar-refractivity contribution in [3.63, 3.8) is 0 Å². The fourth-order valence-electron chi connectivity index (χ4n) is 2.33. The zero-order valence-electron chi connectivity index (χ0n) is 16.4. The standard InChI is InChI=1S/C21H24N2O6/c1-4-10-28-18-9-8-15(13-19(18)27-3)20(24)22-16-6-5-7-17(14-16)23-21(25)29-12-11-26-2/h4-9,13-14H,1,10-12H2,2-3H3,(H,22,24)(H,23,25). The van der Waals surface area contributed by atoms with Gasteiger partial charge in [-0.25, -0.2) is 4.79 Å². The highest BCUT2D eigenvalue weighted by Crippen LogP contribution is 2.28. The second-order valence-corrected chi connectivity index (χ2v) is 5.75. The van der Waals surface area contributed by atoms with E-state index in [-0.39, 0.29) is 12.5 Å². The molecule has 0 fully saturated rings. The van der Waals surface area contributed by atoms with Gasteiger partial charge in [0.15, 0.2) is 11.5 Å². The molecule has 29 heavy (non-hydrogen) atoms. The van der Waals surface area contributed by atoms with Crippen molar-refractivity contribution in [3.8, 4) is 11.5 Å². The molecule has 0 aliphatic heterocycles. The molecule has 0 aliphatic carbocycles. The van der Waals surface area contributed by atoms with E-state index in [1.165, 1.54) is 14.2 Å². The molecule has 2 amide bonds. The van der Waals surface area contributed by atoms with Gasteiger partial charge in [0.05, 0.1) is 13.7 Å². The number of hydrogen-bond donors (Lipinski definition) is 2. The third-order valence-corrected chi connectivity index (χ3v) is 3.67. The maximum Gasteiger partial charge on any atom is 0.411 e. The van der Waals surface area contributed by atoms with Crippen molar-refractivity contribution >= 4 is 23.4 Å². The van der Waals surface area contributed by atoms with Crippen LogP contribution in [0.5, 0.6) is 11.5 Å². The van der Waals surface area contributed by atoms with Crippen LogP contribution in [0.4, 0.5) is 16.2 Å².